The molecule has 2 aromatic carbocycles. The molecule has 0 spiro atoms. The van der Waals surface area contributed by atoms with Gasteiger partial charge in [0, 0.05) is 16.8 Å². The lowest BCUT2D eigenvalue weighted by atomic mass is 10.0. The van der Waals surface area contributed by atoms with Gasteiger partial charge in [-0.05, 0) is 54.3 Å². The summed E-state index contributed by atoms with van der Waals surface area (Å²) < 4.78 is 27.0. The van der Waals surface area contributed by atoms with Gasteiger partial charge in [-0.1, -0.05) is 55.2 Å². The first-order valence-electron chi connectivity index (χ1n) is 11.0. The maximum absolute atomic E-state index is 13.9. The summed E-state index contributed by atoms with van der Waals surface area (Å²) >= 11 is 12.5. The molecule has 0 atom stereocenters. The largest absolute Gasteiger partial charge is 0.485 e. The zero-order valence-corrected chi connectivity index (χ0v) is 21.0. The predicted octanol–water partition coefficient (Wildman–Crippen LogP) is 7.23. The Balaban J connectivity index is 1.41. The Morgan fingerprint density at radius 3 is 2.69 bits per heavy atom. The number of aromatic nitrogens is 2. The first-order chi connectivity index (χ1) is 16.7. The number of hydrogen-bond donors (Lipinski definition) is 1. The molecule has 0 bridgehead atoms. The van der Waals surface area contributed by atoms with Gasteiger partial charge in [-0.2, -0.15) is 5.10 Å². The van der Waals surface area contributed by atoms with E-state index < -0.39 is 5.91 Å². The minimum absolute atomic E-state index is 0.0830. The van der Waals surface area contributed by atoms with Gasteiger partial charge in [0.05, 0.1) is 6.54 Å². The van der Waals surface area contributed by atoms with Crippen LogP contribution in [0.1, 0.15) is 52.8 Å². The van der Waals surface area contributed by atoms with Gasteiger partial charge >= 0.3 is 0 Å². The van der Waals surface area contributed by atoms with Crippen LogP contribution in [0, 0.1) is 12.7 Å². The molecule has 0 saturated heterocycles. The number of rotatable bonds is 8. The number of hydrogen-bond acceptors (Lipinski definition) is 4. The number of anilines is 1. The minimum atomic E-state index is -0.514. The van der Waals surface area contributed by atoms with E-state index in [0.29, 0.717) is 16.3 Å². The van der Waals surface area contributed by atoms with Gasteiger partial charge in [-0.3, -0.25) is 9.48 Å². The van der Waals surface area contributed by atoms with E-state index in [1.807, 2.05) is 19.1 Å². The van der Waals surface area contributed by atoms with Crippen molar-refractivity contribution in [2.45, 2.75) is 39.8 Å². The molecule has 0 radical (unpaired) electrons. The van der Waals surface area contributed by atoms with Crippen molar-refractivity contribution in [3.05, 3.63) is 98.8 Å². The molecule has 4 aromatic rings. The number of furan rings is 1. The van der Waals surface area contributed by atoms with Crippen LogP contribution in [0.4, 0.5) is 10.2 Å². The summed E-state index contributed by atoms with van der Waals surface area (Å²) in [5, 5.41) is 7.79. The maximum Gasteiger partial charge on any atom is 0.292 e. The first-order valence-corrected chi connectivity index (χ1v) is 11.8. The summed E-state index contributed by atoms with van der Waals surface area (Å²) in [6.07, 6.45) is 1.52. The quantitative estimate of drug-likeness (QED) is 0.268. The normalized spacial score (nSPS) is 11.2. The molecule has 0 fully saturated rings. The molecule has 4 rings (SSSR count). The third kappa shape index (κ3) is 5.86. The Kier molecular flexibility index (Phi) is 7.48. The summed E-state index contributed by atoms with van der Waals surface area (Å²) in [5.41, 5.74) is 2.36. The molecular weight excluding hydrogens is 492 g/mol. The van der Waals surface area contributed by atoms with E-state index >= 15 is 0 Å². The second-order valence-corrected chi connectivity index (χ2v) is 9.23. The van der Waals surface area contributed by atoms with Gasteiger partial charge in [0.2, 0.25) is 0 Å². The Labute approximate surface area is 212 Å². The standard InChI is InChI=1S/C26H24Cl2FN3O3/c1-15(2)19-11-20(27)16(3)10-24(19)34-14-18-8-9-23(35-18)26(33)30-25-21(28)13-32(31-25)12-17-6-4-5-7-22(17)29/h4-11,13,15H,12,14H2,1-3H3,(H,30,31,33). The Morgan fingerprint density at radius 2 is 1.94 bits per heavy atom. The molecule has 2 heterocycles. The topological polar surface area (TPSA) is 69.3 Å². The van der Waals surface area contributed by atoms with Crippen molar-refractivity contribution >= 4 is 34.9 Å². The number of aryl methyl sites for hydroxylation is 1. The van der Waals surface area contributed by atoms with Gasteiger partial charge in [0.15, 0.2) is 11.6 Å². The summed E-state index contributed by atoms with van der Waals surface area (Å²) in [6, 6.07) is 13.4. The van der Waals surface area contributed by atoms with E-state index in [0.717, 1.165) is 16.9 Å². The van der Waals surface area contributed by atoms with Crippen molar-refractivity contribution in [3.63, 3.8) is 0 Å². The van der Waals surface area contributed by atoms with Gasteiger partial charge in [0.25, 0.3) is 5.91 Å². The van der Waals surface area contributed by atoms with Crippen molar-refractivity contribution in [1.82, 2.24) is 9.78 Å². The van der Waals surface area contributed by atoms with E-state index in [-0.39, 0.29) is 41.5 Å². The van der Waals surface area contributed by atoms with Crippen LogP contribution >= 0.6 is 23.2 Å². The van der Waals surface area contributed by atoms with Crippen LogP contribution in [0.2, 0.25) is 10.0 Å². The van der Waals surface area contributed by atoms with Gasteiger partial charge in [-0.25, -0.2) is 4.39 Å². The van der Waals surface area contributed by atoms with Crippen molar-refractivity contribution in [2.75, 3.05) is 5.32 Å². The zero-order valence-electron chi connectivity index (χ0n) is 19.4. The fourth-order valence-electron chi connectivity index (χ4n) is 3.51. The summed E-state index contributed by atoms with van der Waals surface area (Å²) in [7, 11) is 0. The third-order valence-electron chi connectivity index (χ3n) is 5.41. The number of amides is 1. The van der Waals surface area contributed by atoms with Crippen LogP contribution in [0.5, 0.6) is 5.75 Å². The second-order valence-electron chi connectivity index (χ2n) is 8.42. The molecule has 6 nitrogen and oxygen atoms in total. The average molecular weight is 516 g/mol. The highest BCUT2D eigenvalue weighted by molar-refractivity contribution is 6.33. The molecule has 0 saturated carbocycles. The highest BCUT2D eigenvalue weighted by Crippen LogP contribution is 2.32. The average Bonchev–Trinajstić information content (AvgIpc) is 3.42. The molecule has 35 heavy (non-hydrogen) atoms. The van der Waals surface area contributed by atoms with Crippen molar-refractivity contribution in [2.24, 2.45) is 0 Å². The van der Waals surface area contributed by atoms with E-state index in [1.165, 1.54) is 16.9 Å². The van der Waals surface area contributed by atoms with Crippen molar-refractivity contribution < 1.29 is 18.3 Å². The van der Waals surface area contributed by atoms with Crippen LogP contribution in [-0.2, 0) is 13.2 Å². The SMILES string of the molecule is Cc1cc(OCc2ccc(C(=O)Nc3nn(Cc4ccccc4F)cc3Cl)o2)c(C(C)C)cc1Cl. The fraction of sp³-hybridized carbons (Fsp3) is 0.231. The monoisotopic (exact) mass is 515 g/mol. The highest BCUT2D eigenvalue weighted by Gasteiger charge is 2.17. The molecule has 9 heteroatoms. The van der Waals surface area contributed by atoms with E-state index in [1.54, 1.807) is 30.3 Å². The number of benzene rings is 2. The van der Waals surface area contributed by atoms with Gasteiger partial charge in [0.1, 0.15) is 29.0 Å². The van der Waals surface area contributed by atoms with Crippen molar-refractivity contribution in [1.29, 1.82) is 0 Å². The molecule has 1 amide bonds. The molecular formula is C26H24Cl2FN3O3. The molecule has 0 aliphatic rings. The van der Waals surface area contributed by atoms with Crippen LogP contribution in [0.25, 0.3) is 0 Å². The predicted molar refractivity (Wildman–Crippen MR) is 134 cm³/mol. The number of ether oxygens (including phenoxy) is 1. The molecule has 0 aliphatic heterocycles. The number of halogens is 3. The zero-order chi connectivity index (χ0) is 25.1. The Hall–Kier alpha value is -3.29. The smallest absolute Gasteiger partial charge is 0.292 e. The molecule has 2 aromatic heterocycles. The number of carbonyl (C=O) groups excluding carboxylic acids is 1. The van der Waals surface area contributed by atoms with Gasteiger partial charge < -0.3 is 14.5 Å². The molecule has 0 aliphatic carbocycles. The van der Waals surface area contributed by atoms with Crippen LogP contribution in [-0.4, -0.2) is 15.7 Å². The number of nitrogens with zero attached hydrogens (tertiary/aromatic N) is 2. The molecule has 182 valence electrons. The second kappa shape index (κ2) is 10.5. The van der Waals surface area contributed by atoms with Crippen LogP contribution in [0.15, 0.2) is 59.1 Å². The minimum Gasteiger partial charge on any atom is -0.485 e. The summed E-state index contributed by atoms with van der Waals surface area (Å²) in [4.78, 5) is 12.7. The first kappa shape index (κ1) is 24.8. The lowest BCUT2D eigenvalue weighted by Gasteiger charge is -2.15. The van der Waals surface area contributed by atoms with Crippen LogP contribution in [0.3, 0.4) is 0 Å². The number of carbonyl (C=O) groups is 1. The van der Waals surface area contributed by atoms with E-state index in [4.69, 9.17) is 32.4 Å². The molecule has 1 N–H and O–H groups in total. The Morgan fingerprint density at radius 1 is 1.17 bits per heavy atom. The summed E-state index contributed by atoms with van der Waals surface area (Å²) in [6.45, 7) is 6.36. The van der Waals surface area contributed by atoms with Crippen molar-refractivity contribution in [3.8, 4) is 5.75 Å². The fourth-order valence-corrected chi connectivity index (χ4v) is 3.88. The lowest BCUT2D eigenvalue weighted by molar-refractivity contribution is 0.0992. The maximum atomic E-state index is 13.9. The van der Waals surface area contributed by atoms with E-state index in [2.05, 4.69) is 24.3 Å². The van der Waals surface area contributed by atoms with E-state index in [9.17, 15) is 9.18 Å². The van der Waals surface area contributed by atoms with Crippen LogP contribution < -0.4 is 10.1 Å². The number of nitrogens with one attached hydrogen (secondary N) is 1. The summed E-state index contributed by atoms with van der Waals surface area (Å²) in [5.74, 6) is 0.804. The highest BCUT2D eigenvalue weighted by atomic mass is 35.5. The Bertz CT molecular complexity index is 1360. The molecule has 0 unspecified atom stereocenters. The third-order valence-corrected chi connectivity index (χ3v) is 6.09. The van der Waals surface area contributed by atoms with Gasteiger partial charge in [-0.15, -0.1) is 0 Å². The lowest BCUT2D eigenvalue weighted by Crippen LogP contribution is -2.12.